The van der Waals surface area contributed by atoms with Crippen molar-refractivity contribution in [3.63, 3.8) is 0 Å². The molecule has 8 nitrogen and oxygen atoms in total. The van der Waals surface area contributed by atoms with E-state index in [1.165, 1.54) is 22.4 Å². The maximum Gasteiger partial charge on any atom is 0.330 e. The first-order valence-electron chi connectivity index (χ1n) is 10.7. The molecular weight excluding hydrogens is 446 g/mol. The highest BCUT2D eigenvalue weighted by molar-refractivity contribution is 8.03. The summed E-state index contributed by atoms with van der Waals surface area (Å²) in [6.07, 6.45) is 2.85. The molecule has 0 radical (unpaired) electrons. The maximum absolute atomic E-state index is 12.5. The second-order valence-electron chi connectivity index (χ2n) is 7.61. The Hall–Kier alpha value is -2.30. The van der Waals surface area contributed by atoms with Crippen LogP contribution in [-0.4, -0.2) is 52.7 Å². The smallest absolute Gasteiger partial charge is 0.330 e. The Morgan fingerprint density at radius 1 is 1.06 bits per heavy atom. The Morgan fingerprint density at radius 3 is 2.47 bits per heavy atom. The molecule has 0 spiro atoms. The molecular formula is C22H27N5O3S2. The highest BCUT2D eigenvalue weighted by atomic mass is 32.2. The van der Waals surface area contributed by atoms with Crippen molar-refractivity contribution >= 4 is 23.5 Å². The largest absolute Gasteiger partial charge is 0.350 e. The fourth-order valence-corrected chi connectivity index (χ4v) is 6.55. The van der Waals surface area contributed by atoms with Gasteiger partial charge in [-0.05, 0) is 18.4 Å². The summed E-state index contributed by atoms with van der Waals surface area (Å²) in [6, 6.07) is 9.55. The number of rotatable bonds is 8. The Balaban J connectivity index is 1.60. The van der Waals surface area contributed by atoms with Gasteiger partial charge in [0.15, 0.2) is 6.23 Å². The fraction of sp³-hybridized carbons (Fsp3) is 0.455. The first-order valence-corrected chi connectivity index (χ1v) is 12.8. The number of aromatic amines is 1. The summed E-state index contributed by atoms with van der Waals surface area (Å²) in [6.45, 7) is 6.81. The van der Waals surface area contributed by atoms with Crippen LogP contribution >= 0.6 is 23.5 Å². The Labute approximate surface area is 194 Å². The maximum atomic E-state index is 12.5. The Bertz CT molecular complexity index is 1160. The van der Waals surface area contributed by atoms with Crippen LogP contribution in [0.1, 0.15) is 25.6 Å². The SMILES string of the molecule is CCS[C@@H]1[C@H](SCC)[C@@H](Cn2cc(-c3ccc(C)cc3)nn2)O[C@H]1n1ccc(=O)[nH]c1=O. The molecule has 1 aromatic carbocycles. The van der Waals surface area contributed by atoms with E-state index in [9.17, 15) is 9.59 Å². The number of hydrogen-bond acceptors (Lipinski definition) is 7. The number of aromatic nitrogens is 5. The number of ether oxygens (including phenoxy) is 1. The zero-order chi connectivity index (χ0) is 22.7. The van der Waals surface area contributed by atoms with E-state index in [-0.39, 0.29) is 16.6 Å². The lowest BCUT2D eigenvalue weighted by molar-refractivity contribution is -0.00718. The lowest BCUT2D eigenvalue weighted by Crippen LogP contribution is -2.35. The first kappa shape index (κ1) is 22.9. The monoisotopic (exact) mass is 473 g/mol. The van der Waals surface area contributed by atoms with E-state index in [2.05, 4.69) is 48.2 Å². The molecule has 1 aliphatic heterocycles. The van der Waals surface area contributed by atoms with E-state index in [1.807, 2.05) is 34.8 Å². The van der Waals surface area contributed by atoms with Gasteiger partial charge in [-0.15, -0.1) is 5.10 Å². The van der Waals surface area contributed by atoms with Gasteiger partial charge in [0.05, 0.1) is 24.1 Å². The molecule has 4 rings (SSSR count). The molecule has 170 valence electrons. The number of benzene rings is 1. The normalized spacial score (nSPS) is 23.0. The number of nitrogens with one attached hydrogen (secondary N) is 1. The highest BCUT2D eigenvalue weighted by Crippen LogP contribution is 2.43. The van der Waals surface area contributed by atoms with E-state index in [0.717, 1.165) is 22.8 Å². The third-order valence-electron chi connectivity index (χ3n) is 5.38. The van der Waals surface area contributed by atoms with Crippen LogP contribution < -0.4 is 11.2 Å². The molecule has 0 amide bonds. The molecule has 4 atom stereocenters. The predicted octanol–water partition coefficient (Wildman–Crippen LogP) is 2.94. The molecule has 1 aliphatic rings. The van der Waals surface area contributed by atoms with Crippen LogP contribution in [0.4, 0.5) is 0 Å². The van der Waals surface area contributed by atoms with Crippen LogP contribution in [0.2, 0.25) is 0 Å². The van der Waals surface area contributed by atoms with Crippen molar-refractivity contribution in [2.45, 2.75) is 50.1 Å². The Morgan fingerprint density at radius 2 is 1.78 bits per heavy atom. The zero-order valence-corrected chi connectivity index (χ0v) is 19.9. The van der Waals surface area contributed by atoms with Gasteiger partial charge in [0.25, 0.3) is 5.56 Å². The second-order valence-corrected chi connectivity index (χ2v) is 10.5. The number of nitrogens with zero attached hydrogens (tertiary/aromatic N) is 4. The summed E-state index contributed by atoms with van der Waals surface area (Å²) in [5.41, 5.74) is 2.17. The lowest BCUT2D eigenvalue weighted by atomic mass is 10.1. The molecule has 3 heterocycles. The minimum Gasteiger partial charge on any atom is -0.350 e. The minimum absolute atomic E-state index is 0.0682. The van der Waals surface area contributed by atoms with Gasteiger partial charge in [0, 0.05) is 23.1 Å². The summed E-state index contributed by atoms with van der Waals surface area (Å²) in [7, 11) is 0. The van der Waals surface area contributed by atoms with Crippen molar-refractivity contribution in [3.8, 4) is 11.3 Å². The topological polar surface area (TPSA) is 94.8 Å². The van der Waals surface area contributed by atoms with Gasteiger partial charge in [-0.3, -0.25) is 14.3 Å². The van der Waals surface area contributed by atoms with E-state index >= 15 is 0 Å². The standard InChI is InChI=1S/C22H27N5O3S2/c1-4-31-19-17(13-26-12-16(24-25-26)15-8-6-14(3)7-9-15)30-21(20(19)32-5-2)27-11-10-18(28)23-22(27)29/h6-12,17,19-21H,4-5,13H2,1-3H3,(H,23,28,29)/t17-,19-,20-,21-/m1/s1. The van der Waals surface area contributed by atoms with Crippen molar-refractivity contribution in [2.75, 3.05) is 11.5 Å². The molecule has 0 unspecified atom stereocenters. The molecule has 1 N–H and O–H groups in total. The third kappa shape index (κ3) is 4.87. The van der Waals surface area contributed by atoms with Crippen molar-refractivity contribution in [3.05, 3.63) is 69.1 Å². The summed E-state index contributed by atoms with van der Waals surface area (Å²) < 4.78 is 9.76. The second kappa shape index (κ2) is 10.1. The number of H-pyrrole nitrogens is 1. The first-order chi connectivity index (χ1) is 15.5. The van der Waals surface area contributed by atoms with Crippen molar-refractivity contribution < 1.29 is 4.74 Å². The summed E-state index contributed by atoms with van der Waals surface area (Å²) in [5, 5.41) is 8.90. The molecule has 0 aliphatic carbocycles. The van der Waals surface area contributed by atoms with E-state index in [1.54, 1.807) is 11.8 Å². The average molecular weight is 474 g/mol. The molecule has 2 aromatic heterocycles. The van der Waals surface area contributed by atoms with Gasteiger partial charge < -0.3 is 4.74 Å². The number of aryl methyl sites for hydroxylation is 1. The molecule has 1 fully saturated rings. The summed E-state index contributed by atoms with van der Waals surface area (Å²) >= 11 is 3.61. The molecule has 0 bridgehead atoms. The van der Waals surface area contributed by atoms with Gasteiger partial charge in [-0.1, -0.05) is 48.9 Å². The van der Waals surface area contributed by atoms with Crippen LogP contribution in [-0.2, 0) is 11.3 Å². The zero-order valence-electron chi connectivity index (χ0n) is 18.3. The lowest BCUT2D eigenvalue weighted by Gasteiger charge is -2.23. The predicted molar refractivity (Wildman–Crippen MR) is 129 cm³/mol. The van der Waals surface area contributed by atoms with Gasteiger partial charge in [0.1, 0.15) is 5.69 Å². The minimum atomic E-state index is -0.460. The number of hydrogen-bond donors (Lipinski definition) is 1. The van der Waals surface area contributed by atoms with Gasteiger partial charge in [0.2, 0.25) is 0 Å². The highest BCUT2D eigenvalue weighted by Gasteiger charge is 2.46. The van der Waals surface area contributed by atoms with Crippen LogP contribution in [0.25, 0.3) is 11.3 Å². The molecule has 32 heavy (non-hydrogen) atoms. The van der Waals surface area contributed by atoms with Crippen molar-refractivity contribution in [1.82, 2.24) is 24.5 Å². The number of thioether (sulfide) groups is 2. The van der Waals surface area contributed by atoms with Crippen LogP contribution in [0.3, 0.4) is 0 Å². The summed E-state index contributed by atoms with van der Waals surface area (Å²) in [4.78, 5) is 26.4. The third-order valence-corrected chi connectivity index (χ3v) is 8.11. The Kier molecular flexibility index (Phi) is 7.22. The van der Waals surface area contributed by atoms with Crippen molar-refractivity contribution in [1.29, 1.82) is 0 Å². The van der Waals surface area contributed by atoms with Crippen LogP contribution in [0.5, 0.6) is 0 Å². The van der Waals surface area contributed by atoms with Crippen molar-refractivity contribution in [2.24, 2.45) is 0 Å². The molecule has 1 saturated heterocycles. The van der Waals surface area contributed by atoms with Gasteiger partial charge in [-0.25, -0.2) is 9.48 Å². The quantitative estimate of drug-likeness (QED) is 0.537. The average Bonchev–Trinajstić information content (AvgIpc) is 3.36. The van der Waals surface area contributed by atoms with E-state index < -0.39 is 17.5 Å². The van der Waals surface area contributed by atoms with Gasteiger partial charge >= 0.3 is 5.69 Å². The van der Waals surface area contributed by atoms with Crippen LogP contribution in [0, 0.1) is 6.92 Å². The van der Waals surface area contributed by atoms with E-state index in [0.29, 0.717) is 6.54 Å². The molecule has 3 aromatic rings. The van der Waals surface area contributed by atoms with E-state index in [4.69, 9.17) is 4.74 Å². The fourth-order valence-electron chi connectivity index (χ4n) is 3.90. The van der Waals surface area contributed by atoms with Gasteiger partial charge in [-0.2, -0.15) is 23.5 Å². The molecule has 10 heteroatoms. The van der Waals surface area contributed by atoms with Crippen LogP contribution in [0.15, 0.2) is 52.3 Å². The summed E-state index contributed by atoms with van der Waals surface area (Å²) in [5.74, 6) is 1.83. The molecule has 0 saturated carbocycles.